The van der Waals surface area contributed by atoms with E-state index in [-0.39, 0.29) is 30.2 Å². The van der Waals surface area contributed by atoms with Gasteiger partial charge in [-0.05, 0) is 42.0 Å². The average Bonchev–Trinajstić information content (AvgIpc) is 3.50. The Kier molecular flexibility index (Phi) is 5.43. The maximum Gasteiger partial charge on any atom is 0.263 e. The molecule has 0 aliphatic carbocycles. The number of carbonyl (C=O) groups is 1. The van der Waals surface area contributed by atoms with Gasteiger partial charge in [-0.3, -0.25) is 18.6 Å². The lowest BCUT2D eigenvalue weighted by Gasteiger charge is -2.11. The van der Waals surface area contributed by atoms with Gasteiger partial charge in [0.25, 0.3) is 5.56 Å². The van der Waals surface area contributed by atoms with Crippen molar-refractivity contribution in [3.05, 3.63) is 100 Å². The van der Waals surface area contributed by atoms with Crippen molar-refractivity contribution in [2.75, 3.05) is 0 Å². The number of furan rings is 1. The van der Waals surface area contributed by atoms with Gasteiger partial charge in [0, 0.05) is 12.8 Å². The zero-order chi connectivity index (χ0) is 22.8. The lowest BCUT2D eigenvalue weighted by atomic mass is 10.2. The van der Waals surface area contributed by atoms with Gasteiger partial charge in [-0.1, -0.05) is 24.3 Å². The number of hydrogen-bond donors (Lipinski definition) is 1. The highest BCUT2D eigenvalue weighted by atomic mass is 19.1. The minimum atomic E-state index is -0.343. The van der Waals surface area contributed by atoms with Crippen molar-refractivity contribution in [1.29, 1.82) is 0 Å². The summed E-state index contributed by atoms with van der Waals surface area (Å²) in [5, 5.41) is 11.9. The molecule has 0 aliphatic heterocycles. The first kappa shape index (κ1) is 20.6. The van der Waals surface area contributed by atoms with Crippen molar-refractivity contribution in [3.63, 3.8) is 0 Å². The molecule has 0 spiro atoms. The third-order valence-electron chi connectivity index (χ3n) is 5.44. The summed E-state index contributed by atoms with van der Waals surface area (Å²) in [4.78, 5) is 25.5. The number of nitrogens with one attached hydrogen (secondary N) is 1. The molecular weight excluding hydrogens is 425 g/mol. The minimum Gasteiger partial charge on any atom is -0.467 e. The van der Waals surface area contributed by atoms with Gasteiger partial charge in [0.2, 0.25) is 11.7 Å². The maximum atomic E-state index is 13.3. The molecule has 8 nitrogen and oxygen atoms in total. The van der Waals surface area contributed by atoms with E-state index in [2.05, 4.69) is 15.5 Å². The number of aromatic nitrogens is 4. The van der Waals surface area contributed by atoms with Crippen LogP contribution in [0.5, 0.6) is 0 Å². The number of fused-ring (bicyclic) bond motifs is 3. The maximum absolute atomic E-state index is 13.3. The summed E-state index contributed by atoms with van der Waals surface area (Å²) in [6.07, 6.45) is 2.09. The van der Waals surface area contributed by atoms with E-state index in [1.165, 1.54) is 16.7 Å². The Labute approximate surface area is 187 Å². The predicted octanol–water partition coefficient (Wildman–Crippen LogP) is 3.07. The summed E-state index contributed by atoms with van der Waals surface area (Å²) in [5.74, 6) is 1.13. The van der Waals surface area contributed by atoms with Crippen LogP contribution in [0.4, 0.5) is 4.39 Å². The van der Waals surface area contributed by atoms with Crippen LogP contribution in [0.25, 0.3) is 16.7 Å². The fraction of sp³-hybridized carbons (Fsp3) is 0.167. The summed E-state index contributed by atoms with van der Waals surface area (Å²) in [6.45, 7) is 0.530. The van der Waals surface area contributed by atoms with Crippen molar-refractivity contribution in [3.8, 4) is 0 Å². The molecule has 166 valence electrons. The van der Waals surface area contributed by atoms with Crippen molar-refractivity contribution >= 4 is 22.6 Å². The molecule has 0 saturated carbocycles. The molecule has 3 aromatic heterocycles. The van der Waals surface area contributed by atoms with E-state index in [1.54, 1.807) is 47.1 Å². The summed E-state index contributed by atoms with van der Waals surface area (Å²) in [7, 11) is 0. The first-order valence-corrected chi connectivity index (χ1v) is 10.5. The highest BCUT2D eigenvalue weighted by Gasteiger charge is 2.17. The fourth-order valence-corrected chi connectivity index (χ4v) is 3.80. The molecule has 1 amide bonds. The zero-order valence-electron chi connectivity index (χ0n) is 17.6. The van der Waals surface area contributed by atoms with E-state index in [4.69, 9.17) is 4.42 Å². The molecule has 9 heteroatoms. The largest absolute Gasteiger partial charge is 0.467 e. The summed E-state index contributed by atoms with van der Waals surface area (Å²) in [5.41, 5.74) is 1.22. The molecule has 5 rings (SSSR count). The van der Waals surface area contributed by atoms with Gasteiger partial charge < -0.3 is 9.73 Å². The lowest BCUT2D eigenvalue weighted by molar-refractivity contribution is -0.121. The number of benzene rings is 2. The smallest absolute Gasteiger partial charge is 0.263 e. The second kappa shape index (κ2) is 8.70. The molecule has 0 bridgehead atoms. The van der Waals surface area contributed by atoms with E-state index in [1.807, 2.05) is 12.1 Å². The Morgan fingerprint density at radius 3 is 2.64 bits per heavy atom. The van der Waals surface area contributed by atoms with Crippen LogP contribution < -0.4 is 10.9 Å². The van der Waals surface area contributed by atoms with Gasteiger partial charge in [-0.2, -0.15) is 0 Å². The second-order valence-corrected chi connectivity index (χ2v) is 7.64. The van der Waals surface area contributed by atoms with Crippen molar-refractivity contribution in [2.24, 2.45) is 0 Å². The van der Waals surface area contributed by atoms with E-state index < -0.39 is 0 Å². The molecule has 0 unspecified atom stereocenters. The molecule has 1 N–H and O–H groups in total. The Bertz CT molecular complexity index is 1490. The zero-order valence-corrected chi connectivity index (χ0v) is 17.6. The summed E-state index contributed by atoms with van der Waals surface area (Å²) >= 11 is 0. The summed E-state index contributed by atoms with van der Waals surface area (Å²) < 4.78 is 21.9. The van der Waals surface area contributed by atoms with E-state index >= 15 is 0 Å². The van der Waals surface area contributed by atoms with Crippen LogP contribution in [-0.2, 0) is 24.3 Å². The van der Waals surface area contributed by atoms with E-state index in [0.717, 1.165) is 5.56 Å². The number of hydrogen-bond acceptors (Lipinski definition) is 5. The fourth-order valence-electron chi connectivity index (χ4n) is 3.80. The van der Waals surface area contributed by atoms with Crippen LogP contribution >= 0.6 is 0 Å². The van der Waals surface area contributed by atoms with Crippen LogP contribution in [0.2, 0.25) is 0 Å². The Morgan fingerprint density at radius 1 is 1.03 bits per heavy atom. The van der Waals surface area contributed by atoms with E-state index in [0.29, 0.717) is 41.2 Å². The SMILES string of the molecule is O=C(CCc1nnc2n(Cc3ccc(F)cc3)c(=O)c3ccccc3n12)NCc1ccco1. The number of rotatable bonds is 7. The van der Waals surface area contributed by atoms with Crippen LogP contribution in [0.15, 0.2) is 76.1 Å². The first-order chi connectivity index (χ1) is 16.1. The van der Waals surface area contributed by atoms with Crippen molar-refractivity contribution < 1.29 is 13.6 Å². The number of halogens is 1. The van der Waals surface area contributed by atoms with E-state index in [9.17, 15) is 14.0 Å². The molecule has 0 saturated heterocycles. The van der Waals surface area contributed by atoms with Crippen molar-refractivity contribution in [1.82, 2.24) is 24.5 Å². The molecule has 0 aliphatic rings. The highest BCUT2D eigenvalue weighted by Crippen LogP contribution is 2.17. The first-order valence-electron chi connectivity index (χ1n) is 10.5. The Balaban J connectivity index is 1.47. The van der Waals surface area contributed by atoms with Crippen LogP contribution in [0, 0.1) is 5.82 Å². The molecule has 0 fully saturated rings. The normalized spacial score (nSPS) is 11.3. The van der Waals surface area contributed by atoms with Crippen LogP contribution in [0.3, 0.4) is 0 Å². The van der Waals surface area contributed by atoms with Gasteiger partial charge >= 0.3 is 0 Å². The molecule has 5 aromatic rings. The third kappa shape index (κ3) is 4.12. The summed E-state index contributed by atoms with van der Waals surface area (Å²) in [6, 6.07) is 16.7. The highest BCUT2D eigenvalue weighted by molar-refractivity contribution is 5.80. The predicted molar refractivity (Wildman–Crippen MR) is 119 cm³/mol. The number of para-hydroxylation sites is 1. The monoisotopic (exact) mass is 445 g/mol. The number of amides is 1. The quantitative estimate of drug-likeness (QED) is 0.416. The number of aryl methyl sites for hydroxylation is 1. The molecule has 3 heterocycles. The number of nitrogens with zero attached hydrogens (tertiary/aromatic N) is 4. The molecule has 33 heavy (non-hydrogen) atoms. The lowest BCUT2D eigenvalue weighted by Crippen LogP contribution is -2.25. The van der Waals surface area contributed by atoms with Crippen molar-refractivity contribution in [2.45, 2.75) is 25.9 Å². The van der Waals surface area contributed by atoms with Gasteiger partial charge in [0.05, 0.1) is 30.3 Å². The topological polar surface area (TPSA) is 94.4 Å². The van der Waals surface area contributed by atoms with Gasteiger partial charge in [-0.25, -0.2) is 4.39 Å². The molecular formula is C24H20FN5O3. The molecule has 2 aromatic carbocycles. The standard InChI is InChI=1S/C24H20FN5O3/c25-17-9-7-16(8-10-17)15-29-23(32)19-5-1-2-6-20(19)30-21(27-28-24(29)30)11-12-22(31)26-14-18-4-3-13-33-18/h1-10,13H,11-12,14-15H2,(H,26,31). The average molecular weight is 445 g/mol. The van der Waals surface area contributed by atoms with Gasteiger partial charge in [-0.15, -0.1) is 10.2 Å². The van der Waals surface area contributed by atoms with Gasteiger partial charge in [0.15, 0.2) is 0 Å². The Morgan fingerprint density at radius 2 is 1.85 bits per heavy atom. The van der Waals surface area contributed by atoms with Crippen LogP contribution in [-0.4, -0.2) is 25.1 Å². The number of carbonyl (C=O) groups excluding carboxylic acids is 1. The Hall–Kier alpha value is -4.27. The second-order valence-electron chi connectivity index (χ2n) is 7.64. The minimum absolute atomic E-state index is 0.146. The van der Waals surface area contributed by atoms with Crippen LogP contribution in [0.1, 0.15) is 23.6 Å². The van der Waals surface area contributed by atoms with Gasteiger partial charge in [0.1, 0.15) is 17.4 Å². The molecule has 0 radical (unpaired) electrons. The molecule has 0 atom stereocenters. The third-order valence-corrected chi connectivity index (χ3v) is 5.44.